The summed E-state index contributed by atoms with van der Waals surface area (Å²) in [5, 5.41) is 0. The summed E-state index contributed by atoms with van der Waals surface area (Å²) in [6.07, 6.45) is 2.19. The highest BCUT2D eigenvalue weighted by atomic mass is 32.2. The van der Waals surface area contributed by atoms with Crippen LogP contribution in [0.5, 0.6) is 11.5 Å². The molecule has 0 saturated carbocycles. The number of nitrogens with one attached hydrogen (secondary N) is 2. The number of amides is 1. The molecule has 0 radical (unpaired) electrons. The summed E-state index contributed by atoms with van der Waals surface area (Å²) < 4.78 is 38.7. The van der Waals surface area contributed by atoms with E-state index in [1.54, 1.807) is 38.5 Å². The maximum atomic E-state index is 13.4. The molecule has 11 heteroatoms. The third-order valence-corrected chi connectivity index (χ3v) is 8.40. The fourth-order valence-corrected chi connectivity index (χ4v) is 5.48. The average molecular weight is 527 g/mol. The summed E-state index contributed by atoms with van der Waals surface area (Å²) in [4.78, 5) is 34.1. The Morgan fingerprint density at radius 3 is 2.54 bits per heavy atom. The number of hydrogen-bond donors (Lipinski definition) is 2. The van der Waals surface area contributed by atoms with Crippen LogP contribution >= 0.6 is 0 Å². The summed E-state index contributed by atoms with van der Waals surface area (Å²) >= 11 is 0. The number of carbonyl (C=O) groups excluding carboxylic acids is 1. The lowest BCUT2D eigenvalue weighted by Crippen LogP contribution is -2.44. The lowest BCUT2D eigenvalue weighted by atomic mass is 9.90. The van der Waals surface area contributed by atoms with Crippen molar-refractivity contribution < 1.29 is 22.7 Å². The number of hydrogen-bond acceptors (Lipinski definition) is 8. The van der Waals surface area contributed by atoms with Gasteiger partial charge in [-0.1, -0.05) is 6.92 Å². The molecule has 2 aromatic heterocycles. The number of anilines is 1. The van der Waals surface area contributed by atoms with Crippen LogP contribution in [0.25, 0.3) is 11.3 Å². The van der Waals surface area contributed by atoms with Gasteiger partial charge in [-0.15, -0.1) is 0 Å². The van der Waals surface area contributed by atoms with E-state index in [2.05, 4.69) is 25.8 Å². The molecule has 1 unspecified atom stereocenters. The van der Waals surface area contributed by atoms with Crippen LogP contribution in [0.2, 0.25) is 0 Å². The van der Waals surface area contributed by atoms with Crippen LogP contribution in [0.15, 0.2) is 58.4 Å². The molecule has 0 aliphatic carbocycles. The van der Waals surface area contributed by atoms with E-state index in [1.165, 1.54) is 18.3 Å². The van der Waals surface area contributed by atoms with E-state index in [-0.39, 0.29) is 11.1 Å². The Labute approximate surface area is 215 Å². The molecule has 0 bridgehead atoms. The van der Waals surface area contributed by atoms with Crippen molar-refractivity contribution in [3.05, 3.63) is 64.6 Å². The maximum absolute atomic E-state index is 13.4. The molecule has 1 amide bonds. The van der Waals surface area contributed by atoms with Crippen molar-refractivity contribution in [1.82, 2.24) is 14.7 Å². The molecule has 1 aliphatic heterocycles. The van der Waals surface area contributed by atoms with Crippen molar-refractivity contribution in [3.8, 4) is 22.8 Å². The fraction of sp³-hybridized carbons (Fsp3) is 0.346. The first kappa shape index (κ1) is 26.2. The molecule has 1 saturated heterocycles. The molecule has 1 aromatic carbocycles. The predicted molar refractivity (Wildman–Crippen MR) is 140 cm³/mol. The zero-order chi connectivity index (χ0) is 27.0. The molecule has 0 spiro atoms. The van der Waals surface area contributed by atoms with Gasteiger partial charge >= 0.3 is 0 Å². The number of rotatable bonds is 7. The number of benzene rings is 1. The highest BCUT2D eigenvalue weighted by molar-refractivity contribution is 7.90. The number of methoxy groups -OCH3 is 2. The number of H-pyrrole nitrogens is 1. The molecule has 10 nitrogen and oxygen atoms in total. The number of pyridine rings is 2. The van der Waals surface area contributed by atoms with Gasteiger partial charge < -0.3 is 19.4 Å². The molecular formula is C26H30N4O6S. The summed E-state index contributed by atoms with van der Waals surface area (Å²) in [5.74, 6) is 0.926. The number of sulfonamides is 1. The Kier molecular flexibility index (Phi) is 7.00. The van der Waals surface area contributed by atoms with E-state index in [4.69, 9.17) is 14.5 Å². The molecule has 4 rings (SSSR count). The van der Waals surface area contributed by atoms with Crippen molar-refractivity contribution in [2.45, 2.75) is 37.6 Å². The standard InChI is InChI=1S/C26H30N4O6S/c1-16-12-14-30(26(16,2)3)23-18(24(31)29-37(33,34)22-7-6-13-27-25(22)32)9-10-20(28-23)19-15-17(35-4)8-11-21(19)36-5/h6-11,13,15-16H,12,14H2,1-5H3,(H,27,32)(H,29,31). The van der Waals surface area contributed by atoms with E-state index in [0.717, 1.165) is 12.5 Å². The molecule has 196 valence electrons. The monoisotopic (exact) mass is 526 g/mol. The van der Waals surface area contributed by atoms with Crippen LogP contribution in [0, 0.1) is 5.92 Å². The van der Waals surface area contributed by atoms with Gasteiger partial charge in [0.2, 0.25) is 0 Å². The lowest BCUT2D eigenvalue weighted by molar-refractivity contribution is 0.0981. The number of ether oxygens (including phenoxy) is 2. The summed E-state index contributed by atoms with van der Waals surface area (Å²) in [6.45, 7) is 6.88. The van der Waals surface area contributed by atoms with Crippen molar-refractivity contribution in [3.63, 3.8) is 0 Å². The molecule has 37 heavy (non-hydrogen) atoms. The largest absolute Gasteiger partial charge is 0.497 e. The first-order valence-corrected chi connectivity index (χ1v) is 13.2. The smallest absolute Gasteiger partial charge is 0.269 e. The number of carbonyl (C=O) groups is 1. The van der Waals surface area contributed by atoms with E-state index in [1.807, 2.05) is 9.62 Å². The van der Waals surface area contributed by atoms with E-state index in [0.29, 0.717) is 41.0 Å². The van der Waals surface area contributed by atoms with E-state index < -0.39 is 26.4 Å². The van der Waals surface area contributed by atoms with Crippen LogP contribution < -0.4 is 24.7 Å². The second-order valence-corrected chi connectivity index (χ2v) is 11.1. The topological polar surface area (TPSA) is 131 Å². The third-order valence-electron chi connectivity index (χ3n) is 7.04. The number of nitrogens with zero attached hydrogens (tertiary/aromatic N) is 2. The van der Waals surface area contributed by atoms with Gasteiger partial charge in [0, 0.05) is 23.8 Å². The predicted octanol–water partition coefficient (Wildman–Crippen LogP) is 3.20. The van der Waals surface area contributed by atoms with Gasteiger partial charge in [0.25, 0.3) is 21.5 Å². The van der Waals surface area contributed by atoms with E-state index >= 15 is 0 Å². The minimum atomic E-state index is -4.43. The number of aromatic nitrogens is 2. The maximum Gasteiger partial charge on any atom is 0.269 e. The second kappa shape index (κ2) is 9.89. The minimum absolute atomic E-state index is 0.0729. The summed E-state index contributed by atoms with van der Waals surface area (Å²) in [5.41, 5.74) is 0.0811. The molecule has 3 heterocycles. The van der Waals surface area contributed by atoms with Crippen LogP contribution in [0.3, 0.4) is 0 Å². The minimum Gasteiger partial charge on any atom is -0.497 e. The fourth-order valence-electron chi connectivity index (χ4n) is 4.45. The quantitative estimate of drug-likeness (QED) is 0.480. The first-order chi connectivity index (χ1) is 17.5. The highest BCUT2D eigenvalue weighted by Gasteiger charge is 2.41. The lowest BCUT2D eigenvalue weighted by Gasteiger charge is -2.36. The van der Waals surface area contributed by atoms with Gasteiger partial charge in [-0.3, -0.25) is 9.59 Å². The van der Waals surface area contributed by atoms with Gasteiger partial charge in [-0.05, 0) is 68.7 Å². The van der Waals surface area contributed by atoms with Crippen LogP contribution in [0.4, 0.5) is 5.82 Å². The Balaban J connectivity index is 1.84. The molecule has 1 fully saturated rings. The van der Waals surface area contributed by atoms with Crippen molar-refractivity contribution in [2.75, 3.05) is 25.7 Å². The average Bonchev–Trinajstić information content (AvgIpc) is 3.14. The second-order valence-electron chi connectivity index (χ2n) is 9.43. The highest BCUT2D eigenvalue weighted by Crippen LogP contribution is 2.40. The summed E-state index contributed by atoms with van der Waals surface area (Å²) in [6, 6.07) is 11.0. The van der Waals surface area contributed by atoms with Crippen molar-refractivity contribution in [2.24, 2.45) is 5.92 Å². The van der Waals surface area contributed by atoms with Gasteiger partial charge in [-0.2, -0.15) is 0 Å². The third kappa shape index (κ3) is 4.91. The molecule has 3 aromatic rings. The SMILES string of the molecule is COc1ccc(OC)c(-c2ccc(C(=O)NS(=O)(=O)c3ccc[nH]c3=O)c(N3CCC(C)C3(C)C)n2)c1. The Bertz CT molecular complexity index is 1500. The van der Waals surface area contributed by atoms with Gasteiger partial charge in [0.15, 0.2) is 4.90 Å². The van der Waals surface area contributed by atoms with Crippen LogP contribution in [-0.4, -0.2) is 50.6 Å². The van der Waals surface area contributed by atoms with Gasteiger partial charge in [0.1, 0.15) is 17.3 Å². The van der Waals surface area contributed by atoms with Crippen LogP contribution in [-0.2, 0) is 10.0 Å². The van der Waals surface area contributed by atoms with Gasteiger partial charge in [-0.25, -0.2) is 18.1 Å². The zero-order valence-corrected chi connectivity index (χ0v) is 22.2. The van der Waals surface area contributed by atoms with Crippen LogP contribution in [0.1, 0.15) is 37.6 Å². The van der Waals surface area contributed by atoms with Gasteiger partial charge in [0.05, 0.1) is 25.5 Å². The first-order valence-electron chi connectivity index (χ1n) is 11.8. The van der Waals surface area contributed by atoms with E-state index in [9.17, 15) is 18.0 Å². The normalized spacial score (nSPS) is 16.9. The number of aromatic amines is 1. The molecular weight excluding hydrogens is 496 g/mol. The summed E-state index contributed by atoms with van der Waals surface area (Å²) in [7, 11) is -1.32. The van der Waals surface area contributed by atoms with Crippen molar-refractivity contribution in [1.29, 1.82) is 0 Å². The Hall–Kier alpha value is -3.86. The Morgan fingerprint density at radius 2 is 1.92 bits per heavy atom. The Morgan fingerprint density at radius 1 is 1.16 bits per heavy atom. The molecule has 1 aliphatic rings. The zero-order valence-electron chi connectivity index (χ0n) is 21.4. The molecule has 1 atom stereocenters. The molecule has 2 N–H and O–H groups in total. The van der Waals surface area contributed by atoms with Crippen molar-refractivity contribution >= 4 is 21.7 Å².